The Labute approximate surface area is 107 Å². The first-order valence-electron chi connectivity index (χ1n) is 5.89. The lowest BCUT2D eigenvalue weighted by Crippen LogP contribution is -2.30. The summed E-state index contributed by atoms with van der Waals surface area (Å²) >= 11 is 1.73. The predicted molar refractivity (Wildman–Crippen MR) is 73.5 cm³/mol. The van der Waals surface area contributed by atoms with E-state index < -0.39 is 0 Å². The molecule has 0 bridgehead atoms. The molecule has 1 atom stereocenters. The zero-order chi connectivity index (χ0) is 12.1. The predicted octanol–water partition coefficient (Wildman–Crippen LogP) is 2.82. The average molecular weight is 246 g/mol. The fourth-order valence-electron chi connectivity index (χ4n) is 1.95. The SMILES string of the molecule is CNC(Cc1nccs1)Cc1ccccc1C. The van der Waals surface area contributed by atoms with Gasteiger partial charge >= 0.3 is 0 Å². The molecule has 3 heteroatoms. The Bertz CT molecular complexity index is 451. The van der Waals surface area contributed by atoms with Crippen LogP contribution >= 0.6 is 11.3 Å². The van der Waals surface area contributed by atoms with Gasteiger partial charge in [0.1, 0.15) is 0 Å². The van der Waals surface area contributed by atoms with Crippen molar-refractivity contribution in [1.29, 1.82) is 0 Å². The van der Waals surface area contributed by atoms with Crippen molar-refractivity contribution < 1.29 is 0 Å². The van der Waals surface area contributed by atoms with Gasteiger partial charge in [0.05, 0.1) is 5.01 Å². The number of aryl methyl sites for hydroxylation is 1. The molecule has 1 unspecified atom stereocenters. The van der Waals surface area contributed by atoms with E-state index in [1.807, 2.05) is 18.6 Å². The highest BCUT2D eigenvalue weighted by Crippen LogP contribution is 2.13. The van der Waals surface area contributed by atoms with Crippen LogP contribution in [0.3, 0.4) is 0 Å². The van der Waals surface area contributed by atoms with Crippen LogP contribution in [0.15, 0.2) is 35.8 Å². The highest BCUT2D eigenvalue weighted by Gasteiger charge is 2.10. The van der Waals surface area contributed by atoms with Crippen LogP contribution in [0.25, 0.3) is 0 Å². The van der Waals surface area contributed by atoms with Crippen molar-refractivity contribution in [3.05, 3.63) is 52.0 Å². The van der Waals surface area contributed by atoms with Crippen LogP contribution in [0.1, 0.15) is 16.1 Å². The summed E-state index contributed by atoms with van der Waals surface area (Å²) in [6.45, 7) is 2.17. The molecule has 0 aliphatic carbocycles. The minimum absolute atomic E-state index is 0.460. The minimum atomic E-state index is 0.460. The van der Waals surface area contributed by atoms with Gasteiger partial charge in [0.2, 0.25) is 0 Å². The Kier molecular flexibility index (Phi) is 4.29. The van der Waals surface area contributed by atoms with Crippen molar-refractivity contribution in [1.82, 2.24) is 10.3 Å². The lowest BCUT2D eigenvalue weighted by molar-refractivity contribution is 0.554. The van der Waals surface area contributed by atoms with E-state index >= 15 is 0 Å². The van der Waals surface area contributed by atoms with Crippen molar-refractivity contribution in [2.75, 3.05) is 7.05 Å². The third-order valence-corrected chi connectivity index (χ3v) is 3.84. The Morgan fingerprint density at radius 2 is 2.12 bits per heavy atom. The van der Waals surface area contributed by atoms with E-state index in [1.54, 1.807) is 11.3 Å². The van der Waals surface area contributed by atoms with Crippen molar-refractivity contribution >= 4 is 11.3 Å². The van der Waals surface area contributed by atoms with Crippen LogP contribution in [0, 0.1) is 6.92 Å². The van der Waals surface area contributed by atoms with Gasteiger partial charge in [-0.05, 0) is 31.5 Å². The summed E-state index contributed by atoms with van der Waals surface area (Å²) in [5, 5.41) is 6.63. The largest absolute Gasteiger partial charge is 0.316 e. The standard InChI is InChI=1S/C14H18N2S/c1-11-5-3-4-6-12(11)9-13(15-2)10-14-16-7-8-17-14/h3-8,13,15H,9-10H2,1-2H3. The number of thiazole rings is 1. The van der Waals surface area contributed by atoms with E-state index in [0.717, 1.165) is 12.8 Å². The number of hydrogen-bond acceptors (Lipinski definition) is 3. The summed E-state index contributed by atoms with van der Waals surface area (Å²) in [5.41, 5.74) is 2.79. The lowest BCUT2D eigenvalue weighted by atomic mass is 9.99. The minimum Gasteiger partial charge on any atom is -0.316 e. The molecule has 1 heterocycles. The van der Waals surface area contributed by atoms with E-state index in [1.165, 1.54) is 16.1 Å². The van der Waals surface area contributed by atoms with Gasteiger partial charge in [-0.15, -0.1) is 11.3 Å². The van der Waals surface area contributed by atoms with Crippen LogP contribution in [-0.4, -0.2) is 18.1 Å². The van der Waals surface area contributed by atoms with E-state index in [-0.39, 0.29) is 0 Å². The van der Waals surface area contributed by atoms with Gasteiger partial charge in [-0.3, -0.25) is 0 Å². The van der Waals surface area contributed by atoms with Crippen molar-refractivity contribution in [2.24, 2.45) is 0 Å². The second-order valence-electron chi connectivity index (χ2n) is 4.25. The van der Waals surface area contributed by atoms with Gasteiger partial charge in [0, 0.05) is 24.0 Å². The molecule has 0 amide bonds. The van der Waals surface area contributed by atoms with Crippen LogP contribution in [-0.2, 0) is 12.8 Å². The molecule has 0 aliphatic rings. The third kappa shape index (κ3) is 3.38. The van der Waals surface area contributed by atoms with E-state index in [2.05, 4.69) is 41.5 Å². The number of hydrogen-bond donors (Lipinski definition) is 1. The van der Waals surface area contributed by atoms with E-state index in [0.29, 0.717) is 6.04 Å². The highest BCUT2D eigenvalue weighted by atomic mass is 32.1. The molecule has 0 saturated carbocycles. The average Bonchev–Trinajstić information content (AvgIpc) is 2.84. The monoisotopic (exact) mass is 246 g/mol. The summed E-state index contributed by atoms with van der Waals surface area (Å²) in [7, 11) is 2.02. The van der Waals surface area contributed by atoms with Crippen molar-refractivity contribution in [3.63, 3.8) is 0 Å². The molecule has 2 rings (SSSR count). The number of nitrogens with zero attached hydrogens (tertiary/aromatic N) is 1. The molecule has 1 aromatic carbocycles. The fraction of sp³-hybridized carbons (Fsp3) is 0.357. The second kappa shape index (κ2) is 5.94. The quantitative estimate of drug-likeness (QED) is 0.877. The van der Waals surface area contributed by atoms with Crippen LogP contribution in [0.5, 0.6) is 0 Å². The Morgan fingerprint density at radius 3 is 2.76 bits per heavy atom. The molecule has 2 nitrogen and oxygen atoms in total. The smallest absolute Gasteiger partial charge is 0.0940 e. The summed E-state index contributed by atoms with van der Waals surface area (Å²) in [6, 6.07) is 9.04. The number of benzene rings is 1. The molecular weight excluding hydrogens is 228 g/mol. The molecule has 0 fully saturated rings. The number of likely N-dealkylation sites (N-methyl/N-ethyl adjacent to an activating group) is 1. The van der Waals surface area contributed by atoms with Crippen molar-refractivity contribution in [2.45, 2.75) is 25.8 Å². The zero-order valence-electron chi connectivity index (χ0n) is 10.3. The first-order chi connectivity index (χ1) is 8.29. The summed E-state index contributed by atoms with van der Waals surface area (Å²) in [4.78, 5) is 4.35. The van der Waals surface area contributed by atoms with Crippen LogP contribution < -0.4 is 5.32 Å². The molecule has 0 aliphatic heterocycles. The molecule has 1 N–H and O–H groups in total. The molecule has 0 saturated heterocycles. The Hall–Kier alpha value is -1.19. The maximum Gasteiger partial charge on any atom is 0.0940 e. The lowest BCUT2D eigenvalue weighted by Gasteiger charge is -2.16. The fourth-order valence-corrected chi connectivity index (χ4v) is 2.64. The topological polar surface area (TPSA) is 24.9 Å². The molecule has 1 aromatic heterocycles. The Balaban J connectivity index is 2.03. The maximum atomic E-state index is 4.35. The second-order valence-corrected chi connectivity index (χ2v) is 5.23. The van der Waals surface area contributed by atoms with Crippen molar-refractivity contribution in [3.8, 4) is 0 Å². The number of aromatic nitrogens is 1. The normalized spacial score (nSPS) is 12.6. The first-order valence-corrected chi connectivity index (χ1v) is 6.77. The third-order valence-electron chi connectivity index (χ3n) is 3.04. The van der Waals surface area contributed by atoms with Gasteiger partial charge in [0.25, 0.3) is 0 Å². The molecule has 2 aromatic rings. The van der Waals surface area contributed by atoms with E-state index in [4.69, 9.17) is 0 Å². The molecule has 0 spiro atoms. The highest BCUT2D eigenvalue weighted by molar-refractivity contribution is 7.09. The summed E-state index contributed by atoms with van der Waals surface area (Å²) < 4.78 is 0. The van der Waals surface area contributed by atoms with Crippen LogP contribution in [0.2, 0.25) is 0 Å². The molecule has 0 radical (unpaired) electrons. The zero-order valence-corrected chi connectivity index (χ0v) is 11.1. The maximum absolute atomic E-state index is 4.35. The van der Waals surface area contributed by atoms with Gasteiger partial charge in [-0.25, -0.2) is 4.98 Å². The first kappa shape index (κ1) is 12.3. The Morgan fingerprint density at radius 1 is 1.29 bits per heavy atom. The van der Waals surface area contributed by atoms with Gasteiger partial charge in [0.15, 0.2) is 0 Å². The molecular formula is C14H18N2S. The van der Waals surface area contributed by atoms with Gasteiger partial charge < -0.3 is 5.32 Å². The van der Waals surface area contributed by atoms with Crippen LogP contribution in [0.4, 0.5) is 0 Å². The molecule has 90 valence electrons. The molecule has 17 heavy (non-hydrogen) atoms. The van der Waals surface area contributed by atoms with Gasteiger partial charge in [-0.1, -0.05) is 24.3 Å². The van der Waals surface area contributed by atoms with Gasteiger partial charge in [-0.2, -0.15) is 0 Å². The van der Waals surface area contributed by atoms with E-state index in [9.17, 15) is 0 Å². The number of nitrogens with one attached hydrogen (secondary N) is 1. The summed E-state index contributed by atoms with van der Waals surface area (Å²) in [6.07, 6.45) is 3.94. The number of rotatable bonds is 5. The summed E-state index contributed by atoms with van der Waals surface area (Å²) in [5.74, 6) is 0.